The summed E-state index contributed by atoms with van der Waals surface area (Å²) in [6, 6.07) is 0. The molecule has 0 unspecified atom stereocenters. The molecule has 0 aromatic rings. The summed E-state index contributed by atoms with van der Waals surface area (Å²) in [5.41, 5.74) is 0. The van der Waals surface area contributed by atoms with Gasteiger partial charge in [0.2, 0.25) is 0 Å². The van der Waals surface area contributed by atoms with Crippen LogP contribution in [0.4, 0.5) is 0 Å². The number of carbonyl (C=O) groups excluding carboxylic acids is 2. The highest BCUT2D eigenvalue weighted by atomic mass is 32.2. The molecule has 0 rings (SSSR count). The van der Waals surface area contributed by atoms with Gasteiger partial charge in [0.05, 0.1) is 7.11 Å². The van der Waals surface area contributed by atoms with Gasteiger partial charge in [0.25, 0.3) is 0 Å². The summed E-state index contributed by atoms with van der Waals surface area (Å²) in [6.45, 7) is 9.04. The Morgan fingerprint density at radius 1 is 0.880 bits per heavy atom. The molecule has 0 heterocycles. The van der Waals surface area contributed by atoms with Crippen molar-refractivity contribution in [2.24, 2.45) is 0 Å². The quantitative estimate of drug-likeness (QED) is 0.590. The van der Waals surface area contributed by atoms with Crippen molar-refractivity contribution >= 4 is 23.5 Å². The van der Waals surface area contributed by atoms with E-state index in [1.165, 1.54) is 20.5 Å². The van der Waals surface area contributed by atoms with Gasteiger partial charge in [-0.3, -0.25) is 4.79 Å². The molecule has 6 heteroatoms. The molecule has 0 aliphatic rings. The number of hydrogen-bond acceptors (Lipinski definition) is 6. The lowest BCUT2D eigenvalue weighted by Crippen LogP contribution is -1.89. The summed E-state index contributed by atoms with van der Waals surface area (Å²) < 4.78 is 8.36. The van der Waals surface area contributed by atoms with Crippen molar-refractivity contribution in [3.05, 3.63) is 0 Å². The number of hydrogen-bond donors (Lipinski definition) is 1. The smallest absolute Gasteiger partial charge is 0.302 e. The summed E-state index contributed by atoms with van der Waals surface area (Å²) in [7, 11) is 8.35. The van der Waals surface area contributed by atoms with Gasteiger partial charge in [-0.2, -0.15) is 11.8 Å². The monoisotopic (exact) mass is 391 g/mol. The number of ketones is 1. The highest BCUT2D eigenvalue weighted by Gasteiger charge is 1.77. The number of Topliss-reactive ketones (excluding diaryl/α,β-unsaturated/α-hetero) is 1. The number of rotatable bonds is 1. The van der Waals surface area contributed by atoms with Crippen LogP contribution in [0.3, 0.4) is 0 Å². The fourth-order valence-electron chi connectivity index (χ4n) is 0. The fraction of sp³-hybridized carbons (Fsp3) is 0.895. The van der Waals surface area contributed by atoms with Gasteiger partial charge >= 0.3 is 5.97 Å². The second-order valence-corrected chi connectivity index (χ2v) is 4.59. The van der Waals surface area contributed by atoms with Crippen LogP contribution in [0.25, 0.3) is 0 Å². The molecule has 0 spiro atoms. The number of ether oxygens (including phenoxy) is 2. The molecule has 164 valence electrons. The maximum atomic E-state index is 9.81. The van der Waals surface area contributed by atoms with E-state index in [1.54, 1.807) is 32.9 Å². The van der Waals surface area contributed by atoms with Gasteiger partial charge in [-0.15, -0.1) is 0 Å². The molecule has 1 N–H and O–H groups in total. The first-order chi connectivity index (χ1) is 10.2. The summed E-state index contributed by atoms with van der Waals surface area (Å²) in [5.74, 6) is 0.00926. The SMILES string of the molecule is C.C.C.CCC.CCC(C)=O.CNC.COC.COC(C)=O.CSC. The van der Waals surface area contributed by atoms with E-state index in [0.29, 0.717) is 6.42 Å². The third kappa shape index (κ3) is 923. The zero-order chi connectivity index (χ0) is 19.4. The lowest BCUT2D eigenvalue weighted by atomic mass is 10.4. The minimum absolute atomic E-state index is 0. The van der Waals surface area contributed by atoms with E-state index in [0.717, 1.165) is 0 Å². The average molecular weight is 392 g/mol. The van der Waals surface area contributed by atoms with Gasteiger partial charge in [0.15, 0.2) is 0 Å². The molecule has 5 nitrogen and oxygen atoms in total. The molecule has 0 aromatic carbocycles. The molecule has 0 aliphatic heterocycles. The van der Waals surface area contributed by atoms with Crippen molar-refractivity contribution in [3.63, 3.8) is 0 Å². The highest BCUT2D eigenvalue weighted by Crippen LogP contribution is 1.71. The predicted molar refractivity (Wildman–Crippen MR) is 122 cm³/mol. The minimum Gasteiger partial charge on any atom is -0.469 e. The number of esters is 1. The second-order valence-electron chi connectivity index (χ2n) is 3.77. The largest absolute Gasteiger partial charge is 0.469 e. The van der Waals surface area contributed by atoms with Crippen LogP contribution in [0, 0.1) is 0 Å². The third-order valence-electron chi connectivity index (χ3n) is 0.785. The van der Waals surface area contributed by atoms with Gasteiger partial charge in [0.1, 0.15) is 5.78 Å². The number of carbonyl (C=O) groups is 2. The number of methoxy groups -OCH3 is 2. The molecule has 0 atom stereocenters. The Balaban J connectivity index is -0.0000000175. The predicted octanol–water partition coefficient (Wildman–Crippen LogP) is 5.57. The first kappa shape index (κ1) is 56.3. The molecule has 0 radical (unpaired) electrons. The minimum atomic E-state index is -0.245. The fourth-order valence-corrected chi connectivity index (χ4v) is 0. The molecular weight excluding hydrogens is 338 g/mol. The van der Waals surface area contributed by atoms with Crippen molar-refractivity contribution in [1.82, 2.24) is 5.32 Å². The van der Waals surface area contributed by atoms with Crippen LogP contribution in [0.15, 0.2) is 0 Å². The third-order valence-corrected chi connectivity index (χ3v) is 0.785. The maximum absolute atomic E-state index is 9.81. The molecule has 0 fully saturated rings. The van der Waals surface area contributed by atoms with E-state index < -0.39 is 0 Å². The van der Waals surface area contributed by atoms with Gasteiger partial charge in [-0.25, -0.2) is 0 Å². The number of thioether (sulfide) groups is 1. The first-order valence-electron chi connectivity index (χ1n) is 7.13. The summed E-state index contributed by atoms with van der Waals surface area (Å²) >= 11 is 1.75. The van der Waals surface area contributed by atoms with Crippen molar-refractivity contribution in [1.29, 1.82) is 0 Å². The van der Waals surface area contributed by atoms with Crippen LogP contribution in [0.1, 0.15) is 69.7 Å². The normalized spacial score (nSPS) is 5.76. The van der Waals surface area contributed by atoms with E-state index in [-0.39, 0.29) is 34.0 Å². The van der Waals surface area contributed by atoms with Crippen LogP contribution >= 0.6 is 11.8 Å². The van der Waals surface area contributed by atoms with E-state index in [9.17, 15) is 9.59 Å². The van der Waals surface area contributed by atoms with Crippen LogP contribution in [0.5, 0.6) is 0 Å². The van der Waals surface area contributed by atoms with Crippen molar-refractivity contribution in [2.45, 2.75) is 69.7 Å². The van der Waals surface area contributed by atoms with E-state index in [1.807, 2.05) is 33.5 Å². The highest BCUT2D eigenvalue weighted by molar-refractivity contribution is 7.97. The van der Waals surface area contributed by atoms with Crippen molar-refractivity contribution < 1.29 is 19.1 Å². The Labute approximate surface area is 166 Å². The Hall–Kier alpha value is -0.590. The van der Waals surface area contributed by atoms with Gasteiger partial charge in [-0.05, 0) is 33.5 Å². The maximum Gasteiger partial charge on any atom is 0.302 e. The Kier molecular flexibility index (Phi) is 203. The lowest BCUT2D eigenvalue weighted by molar-refractivity contribution is -0.137. The molecule has 0 amide bonds. The van der Waals surface area contributed by atoms with Crippen molar-refractivity contribution in [2.75, 3.05) is 47.9 Å². The molecule has 25 heavy (non-hydrogen) atoms. The molecule has 0 saturated heterocycles. The van der Waals surface area contributed by atoms with E-state index in [4.69, 9.17) is 0 Å². The first-order valence-corrected chi connectivity index (χ1v) is 8.76. The van der Waals surface area contributed by atoms with E-state index >= 15 is 0 Å². The molecule has 0 aliphatic carbocycles. The van der Waals surface area contributed by atoms with Crippen LogP contribution in [-0.4, -0.2) is 59.7 Å². The summed E-state index contributed by atoms with van der Waals surface area (Å²) in [6.07, 6.45) is 6.00. The van der Waals surface area contributed by atoms with Crippen LogP contribution in [0.2, 0.25) is 0 Å². The molecule has 0 saturated carbocycles. The summed E-state index contributed by atoms with van der Waals surface area (Å²) in [4.78, 5) is 19.4. The van der Waals surface area contributed by atoms with Crippen LogP contribution < -0.4 is 5.32 Å². The van der Waals surface area contributed by atoms with E-state index in [2.05, 4.69) is 28.6 Å². The van der Waals surface area contributed by atoms with Gasteiger partial charge in [-0.1, -0.05) is 49.5 Å². The molecule has 0 bridgehead atoms. The lowest BCUT2D eigenvalue weighted by Gasteiger charge is -1.80. The van der Waals surface area contributed by atoms with Crippen molar-refractivity contribution in [3.8, 4) is 0 Å². The Bertz CT molecular complexity index is 148. The Morgan fingerprint density at radius 2 is 0.960 bits per heavy atom. The zero-order valence-corrected chi connectivity index (χ0v) is 17.8. The molecule has 0 aromatic heterocycles. The average Bonchev–Trinajstić information content (AvgIpc) is 2.43. The molecular formula is C19H53NO4S. The standard InChI is InChI=1S/C4H8O.C3H6O2.C3H8.C2H7N.C2H6O.C2H6S.3CH4/c1-3-4(2)5;1-3(4)5-2;4*1-3-2;;;/h3H2,1-2H3;1-2H3;3H2,1-2H3;3H,1-2H3;2*1-2H3;3*1H4. The summed E-state index contributed by atoms with van der Waals surface area (Å²) in [5, 5.41) is 2.75. The van der Waals surface area contributed by atoms with Gasteiger partial charge in [0, 0.05) is 27.6 Å². The topological polar surface area (TPSA) is 64.6 Å². The van der Waals surface area contributed by atoms with Crippen LogP contribution in [-0.2, 0) is 19.1 Å². The number of nitrogens with one attached hydrogen (secondary N) is 1. The zero-order valence-electron chi connectivity index (χ0n) is 17.0. The van der Waals surface area contributed by atoms with Gasteiger partial charge < -0.3 is 19.6 Å². The Morgan fingerprint density at radius 3 is 0.960 bits per heavy atom. The second kappa shape index (κ2) is 90.3.